The zero-order valence-corrected chi connectivity index (χ0v) is 18.3. The summed E-state index contributed by atoms with van der Waals surface area (Å²) in [5, 5.41) is 0. The van der Waals surface area contributed by atoms with Crippen LogP contribution in [0, 0.1) is 12.8 Å². The summed E-state index contributed by atoms with van der Waals surface area (Å²) >= 11 is 0. The van der Waals surface area contributed by atoms with Gasteiger partial charge in [-0.1, -0.05) is 42.0 Å². The highest BCUT2D eigenvalue weighted by Gasteiger charge is 2.43. The molecule has 2 N–H and O–H groups in total. The second-order valence-electron chi connectivity index (χ2n) is 8.47. The molecule has 160 valence electrons. The monoisotopic (exact) mass is 415 g/mol. The minimum Gasteiger partial charge on any atom is -0.497 e. The molecule has 0 aliphatic carbocycles. The number of ether oxygens (including phenoxy) is 2. The minimum absolute atomic E-state index is 0.218. The summed E-state index contributed by atoms with van der Waals surface area (Å²) in [6.45, 7) is 3.99. The van der Waals surface area contributed by atoms with Crippen LogP contribution < -0.4 is 25.2 Å². The van der Waals surface area contributed by atoms with E-state index in [1.54, 1.807) is 14.2 Å². The number of nitrogens with one attached hydrogen (secondary N) is 2. The lowest BCUT2D eigenvalue weighted by Crippen LogP contribution is -2.39. The molecule has 1 fully saturated rings. The number of rotatable bonds is 5. The van der Waals surface area contributed by atoms with Gasteiger partial charge in [0.25, 0.3) is 0 Å². The Labute approximate surface area is 184 Å². The van der Waals surface area contributed by atoms with Crippen molar-refractivity contribution in [1.29, 1.82) is 0 Å². The van der Waals surface area contributed by atoms with E-state index in [9.17, 15) is 0 Å². The van der Waals surface area contributed by atoms with Gasteiger partial charge in [-0.3, -0.25) is 0 Å². The Bertz CT molecular complexity index is 1050. The number of methoxy groups -OCH3 is 2. The van der Waals surface area contributed by atoms with Gasteiger partial charge < -0.3 is 14.4 Å². The van der Waals surface area contributed by atoms with Crippen molar-refractivity contribution in [3.05, 3.63) is 89.0 Å². The number of hydrogen-bond donors (Lipinski definition) is 2. The molecular formula is C26H29N3O2. The smallest absolute Gasteiger partial charge is 0.119 e. The van der Waals surface area contributed by atoms with E-state index in [1.165, 1.54) is 27.9 Å². The fourth-order valence-electron chi connectivity index (χ4n) is 4.86. The molecule has 0 saturated carbocycles. The fourth-order valence-corrected chi connectivity index (χ4v) is 4.86. The van der Waals surface area contributed by atoms with Gasteiger partial charge in [0.15, 0.2) is 0 Å². The van der Waals surface area contributed by atoms with Gasteiger partial charge in [0, 0.05) is 24.7 Å². The van der Waals surface area contributed by atoms with Crippen LogP contribution in [0.3, 0.4) is 0 Å². The van der Waals surface area contributed by atoms with Crippen LogP contribution in [0.15, 0.2) is 66.7 Å². The summed E-state index contributed by atoms with van der Waals surface area (Å²) in [7, 11) is 3.43. The topological polar surface area (TPSA) is 45.8 Å². The molecule has 0 radical (unpaired) electrons. The van der Waals surface area contributed by atoms with Crippen molar-refractivity contribution in [2.75, 3.05) is 25.7 Å². The molecule has 3 aromatic carbocycles. The van der Waals surface area contributed by atoms with E-state index in [0.29, 0.717) is 5.92 Å². The molecule has 2 heterocycles. The van der Waals surface area contributed by atoms with Gasteiger partial charge in [-0.25, -0.2) is 10.9 Å². The Kier molecular flexibility index (Phi) is 5.30. The Morgan fingerprint density at radius 2 is 1.52 bits per heavy atom. The van der Waals surface area contributed by atoms with Gasteiger partial charge in [-0.05, 0) is 53.9 Å². The first-order valence-corrected chi connectivity index (χ1v) is 10.8. The first-order valence-electron chi connectivity index (χ1n) is 10.8. The lowest BCUT2D eigenvalue weighted by atomic mass is 9.82. The quantitative estimate of drug-likeness (QED) is 0.641. The maximum Gasteiger partial charge on any atom is 0.119 e. The van der Waals surface area contributed by atoms with E-state index in [-0.39, 0.29) is 12.1 Å². The molecule has 0 amide bonds. The molecule has 3 atom stereocenters. The van der Waals surface area contributed by atoms with Crippen molar-refractivity contribution in [3.63, 3.8) is 0 Å². The van der Waals surface area contributed by atoms with E-state index >= 15 is 0 Å². The van der Waals surface area contributed by atoms with E-state index < -0.39 is 0 Å². The molecule has 3 aromatic rings. The van der Waals surface area contributed by atoms with Crippen molar-refractivity contribution in [3.8, 4) is 11.5 Å². The maximum atomic E-state index is 5.55. The number of hydrazine groups is 1. The normalized spacial score (nSPS) is 22.0. The number of aryl methyl sites for hydroxylation is 1. The van der Waals surface area contributed by atoms with Crippen LogP contribution in [0.2, 0.25) is 0 Å². The summed E-state index contributed by atoms with van der Waals surface area (Å²) in [5.41, 5.74) is 13.6. The van der Waals surface area contributed by atoms with Gasteiger partial charge in [-0.15, -0.1) is 0 Å². The Hall–Kier alpha value is -3.02. The predicted octanol–water partition coefficient (Wildman–Crippen LogP) is 4.54. The van der Waals surface area contributed by atoms with Crippen LogP contribution in [0.4, 0.5) is 5.69 Å². The molecule has 1 saturated heterocycles. The predicted molar refractivity (Wildman–Crippen MR) is 123 cm³/mol. The average molecular weight is 416 g/mol. The number of nitrogens with zero attached hydrogens (tertiary/aromatic N) is 1. The van der Waals surface area contributed by atoms with Gasteiger partial charge in [-0.2, -0.15) is 0 Å². The van der Waals surface area contributed by atoms with E-state index in [4.69, 9.17) is 9.47 Å². The largest absolute Gasteiger partial charge is 0.497 e. The molecule has 2 aliphatic heterocycles. The zero-order valence-electron chi connectivity index (χ0n) is 18.3. The number of fused-ring (bicyclic) bond motifs is 3. The molecule has 2 aliphatic rings. The lowest BCUT2D eigenvalue weighted by molar-refractivity contribution is 0.392. The highest BCUT2D eigenvalue weighted by molar-refractivity contribution is 5.61. The number of benzene rings is 3. The summed E-state index contributed by atoms with van der Waals surface area (Å²) in [6, 6.07) is 24.1. The van der Waals surface area contributed by atoms with Gasteiger partial charge in [0.2, 0.25) is 0 Å². The van der Waals surface area contributed by atoms with Crippen molar-refractivity contribution >= 4 is 5.69 Å². The highest BCUT2D eigenvalue weighted by Crippen LogP contribution is 2.46. The lowest BCUT2D eigenvalue weighted by Gasteiger charge is -2.39. The third-order valence-electron chi connectivity index (χ3n) is 6.56. The molecule has 31 heavy (non-hydrogen) atoms. The summed E-state index contributed by atoms with van der Waals surface area (Å²) in [4.78, 5) is 2.51. The van der Waals surface area contributed by atoms with E-state index in [2.05, 4.69) is 77.3 Å². The molecule has 0 spiro atoms. The molecule has 5 nitrogen and oxygen atoms in total. The van der Waals surface area contributed by atoms with Crippen LogP contribution in [0.25, 0.3) is 0 Å². The van der Waals surface area contributed by atoms with Gasteiger partial charge in [0.1, 0.15) is 11.5 Å². The standard InChI is InChI=1S/C26H29N3O2/c1-17-4-6-18(7-5-17)15-29-16-23-25(19-8-10-20(30-2)11-9-19)27-28-26(23)22-14-21(31-3)12-13-24(22)29/h4-14,23,25-28H,15-16H2,1-3H3. The van der Waals surface area contributed by atoms with Crippen molar-refractivity contribution in [2.24, 2.45) is 5.92 Å². The van der Waals surface area contributed by atoms with Crippen LogP contribution in [0.5, 0.6) is 11.5 Å². The SMILES string of the molecule is COc1ccc(C2NNC3c4cc(OC)ccc4N(Cc4ccc(C)cc4)CC23)cc1. The Morgan fingerprint density at radius 3 is 2.23 bits per heavy atom. The third-order valence-corrected chi connectivity index (χ3v) is 6.56. The number of hydrogen-bond acceptors (Lipinski definition) is 5. The minimum atomic E-state index is 0.218. The van der Waals surface area contributed by atoms with E-state index in [1.807, 2.05) is 12.1 Å². The summed E-state index contributed by atoms with van der Waals surface area (Å²) in [5.74, 6) is 2.16. The summed E-state index contributed by atoms with van der Waals surface area (Å²) < 4.78 is 10.9. The third kappa shape index (κ3) is 3.75. The summed E-state index contributed by atoms with van der Waals surface area (Å²) in [6.07, 6.45) is 0. The van der Waals surface area contributed by atoms with Crippen LogP contribution in [-0.4, -0.2) is 20.8 Å². The van der Waals surface area contributed by atoms with Crippen LogP contribution in [-0.2, 0) is 6.54 Å². The van der Waals surface area contributed by atoms with E-state index in [0.717, 1.165) is 24.6 Å². The van der Waals surface area contributed by atoms with Gasteiger partial charge >= 0.3 is 0 Å². The van der Waals surface area contributed by atoms with Gasteiger partial charge in [0.05, 0.1) is 26.3 Å². The first-order chi connectivity index (χ1) is 15.2. The molecule has 5 rings (SSSR count). The Balaban J connectivity index is 1.50. The first kappa shape index (κ1) is 19.9. The molecular weight excluding hydrogens is 386 g/mol. The molecule has 0 bridgehead atoms. The maximum absolute atomic E-state index is 5.55. The highest BCUT2D eigenvalue weighted by atomic mass is 16.5. The number of anilines is 1. The second-order valence-corrected chi connectivity index (χ2v) is 8.47. The second kappa shape index (κ2) is 8.25. The fraction of sp³-hybridized carbons (Fsp3) is 0.308. The van der Waals surface area contributed by atoms with Crippen molar-refractivity contribution in [2.45, 2.75) is 25.6 Å². The Morgan fingerprint density at radius 1 is 0.839 bits per heavy atom. The van der Waals surface area contributed by atoms with Crippen molar-refractivity contribution < 1.29 is 9.47 Å². The molecule has 5 heteroatoms. The average Bonchev–Trinajstić information content (AvgIpc) is 3.24. The zero-order chi connectivity index (χ0) is 21.4. The molecule has 3 unspecified atom stereocenters. The van der Waals surface area contributed by atoms with Crippen molar-refractivity contribution in [1.82, 2.24) is 10.9 Å². The molecule has 0 aromatic heterocycles. The van der Waals surface area contributed by atoms with Crippen LogP contribution >= 0.6 is 0 Å². The van der Waals surface area contributed by atoms with Crippen LogP contribution in [0.1, 0.15) is 34.3 Å².